The first-order valence-electron chi connectivity index (χ1n) is 13.2. The van der Waals surface area contributed by atoms with Gasteiger partial charge in [0, 0.05) is 42.8 Å². The normalized spacial score (nSPS) is 11.4. The average molecular weight is 523 g/mol. The van der Waals surface area contributed by atoms with Gasteiger partial charge >= 0.3 is 0 Å². The predicted molar refractivity (Wildman–Crippen MR) is 157 cm³/mol. The Labute approximate surface area is 230 Å². The number of fused-ring (bicyclic) bond motifs is 2. The molecule has 0 fully saturated rings. The summed E-state index contributed by atoms with van der Waals surface area (Å²) in [6, 6.07) is 27.0. The summed E-state index contributed by atoms with van der Waals surface area (Å²) in [6.07, 6.45) is 5.42. The molecule has 0 radical (unpaired) electrons. The van der Waals surface area contributed by atoms with E-state index >= 15 is 0 Å². The lowest BCUT2D eigenvalue weighted by molar-refractivity contribution is 0.693. The fourth-order valence-electron chi connectivity index (χ4n) is 5.08. The Bertz CT molecular complexity index is 1940. The van der Waals surface area contributed by atoms with E-state index in [9.17, 15) is 0 Å². The molecule has 5 heterocycles. The highest BCUT2D eigenvalue weighted by Crippen LogP contribution is 2.31. The maximum absolute atomic E-state index is 4.78. The van der Waals surface area contributed by atoms with Crippen LogP contribution in [0.4, 0.5) is 0 Å². The summed E-state index contributed by atoms with van der Waals surface area (Å²) >= 11 is 0. The third kappa shape index (κ3) is 4.61. The summed E-state index contributed by atoms with van der Waals surface area (Å²) in [5, 5.41) is 12.0. The van der Waals surface area contributed by atoms with Crippen molar-refractivity contribution in [2.24, 2.45) is 0 Å². The molecule has 194 valence electrons. The third-order valence-electron chi connectivity index (χ3n) is 6.95. The molecule has 3 N–H and O–H groups in total. The van der Waals surface area contributed by atoms with E-state index in [1.165, 1.54) is 16.7 Å². The first-order chi connectivity index (χ1) is 19.7. The Morgan fingerprint density at radius 3 is 2.50 bits per heavy atom. The molecule has 8 nitrogen and oxygen atoms in total. The lowest BCUT2D eigenvalue weighted by Gasteiger charge is -2.10. The predicted octanol–water partition coefficient (Wildman–Crippen LogP) is 6.22. The van der Waals surface area contributed by atoms with E-state index in [2.05, 4.69) is 90.9 Å². The highest BCUT2D eigenvalue weighted by molar-refractivity contribution is 5.95. The van der Waals surface area contributed by atoms with Crippen molar-refractivity contribution in [1.82, 2.24) is 40.4 Å². The average Bonchev–Trinajstić information content (AvgIpc) is 3.62. The highest BCUT2D eigenvalue weighted by Gasteiger charge is 2.17. The smallest absolute Gasteiger partial charge is 0.181 e. The zero-order valence-corrected chi connectivity index (χ0v) is 21.9. The molecule has 0 amide bonds. The second-order valence-corrected chi connectivity index (χ2v) is 9.85. The number of aromatic nitrogens is 7. The lowest BCUT2D eigenvalue weighted by Crippen LogP contribution is -2.12. The Kier molecular flexibility index (Phi) is 6.07. The number of hydrogen-bond acceptors (Lipinski definition) is 6. The number of nitrogens with zero attached hydrogens (tertiary/aromatic N) is 5. The quantitative estimate of drug-likeness (QED) is 0.229. The zero-order chi connectivity index (χ0) is 26.9. The number of aromatic amines is 2. The molecule has 0 saturated heterocycles. The van der Waals surface area contributed by atoms with Gasteiger partial charge in [-0.1, -0.05) is 54.1 Å². The Morgan fingerprint density at radius 1 is 0.750 bits per heavy atom. The topological polar surface area (TPSA) is 108 Å². The standard InChI is InChI=1S/C32H26N8/c1-20-13-22(18-33-17-21-7-3-2-4-8-21)15-23(14-20)24-16-26-29(39-40-30(26)36-19-24)32-37-28-25(10-12-35-31(28)38-32)27-9-5-6-11-34-27/h2-16,19,33H,17-18H2,1H3,(H,35,37,38)(H,36,39,40). The largest absolute Gasteiger partial charge is 0.335 e. The SMILES string of the molecule is Cc1cc(CNCc2ccccc2)cc(-c2cnc3n[nH]c(-c4nc5nccc(-c6ccccn6)c5[nH]4)c3c2)c1. The van der Waals surface area contributed by atoms with E-state index in [0.29, 0.717) is 17.1 Å². The molecule has 0 aliphatic heterocycles. The molecule has 7 rings (SSSR count). The van der Waals surface area contributed by atoms with Crippen molar-refractivity contribution in [3.63, 3.8) is 0 Å². The van der Waals surface area contributed by atoms with Crippen LogP contribution in [0.25, 0.3) is 56.1 Å². The minimum atomic E-state index is 0.622. The van der Waals surface area contributed by atoms with Gasteiger partial charge in [0.25, 0.3) is 0 Å². The van der Waals surface area contributed by atoms with Gasteiger partial charge in [-0.05, 0) is 53.9 Å². The van der Waals surface area contributed by atoms with E-state index in [-0.39, 0.29) is 0 Å². The van der Waals surface area contributed by atoms with Crippen LogP contribution in [-0.4, -0.2) is 35.1 Å². The van der Waals surface area contributed by atoms with Crippen LogP contribution in [-0.2, 0) is 13.1 Å². The maximum atomic E-state index is 4.78. The highest BCUT2D eigenvalue weighted by atomic mass is 15.2. The summed E-state index contributed by atoms with van der Waals surface area (Å²) in [5.74, 6) is 0.655. The molecule has 40 heavy (non-hydrogen) atoms. The first-order valence-corrected chi connectivity index (χ1v) is 13.2. The minimum absolute atomic E-state index is 0.622. The zero-order valence-electron chi connectivity index (χ0n) is 21.9. The number of hydrogen-bond donors (Lipinski definition) is 3. The maximum Gasteiger partial charge on any atom is 0.181 e. The second kappa shape index (κ2) is 10.2. The monoisotopic (exact) mass is 522 g/mol. The summed E-state index contributed by atoms with van der Waals surface area (Å²) < 4.78 is 0. The van der Waals surface area contributed by atoms with Crippen molar-refractivity contribution < 1.29 is 0 Å². The van der Waals surface area contributed by atoms with Crippen LogP contribution in [0.2, 0.25) is 0 Å². The van der Waals surface area contributed by atoms with Gasteiger partial charge in [-0.2, -0.15) is 5.10 Å². The number of rotatable bonds is 7. The van der Waals surface area contributed by atoms with Crippen molar-refractivity contribution >= 4 is 22.2 Å². The van der Waals surface area contributed by atoms with Crippen molar-refractivity contribution in [3.8, 4) is 33.9 Å². The molecule has 0 atom stereocenters. The van der Waals surface area contributed by atoms with Crippen LogP contribution >= 0.6 is 0 Å². The van der Waals surface area contributed by atoms with Gasteiger partial charge in [-0.25, -0.2) is 15.0 Å². The fraction of sp³-hybridized carbons (Fsp3) is 0.0938. The molecular weight excluding hydrogens is 496 g/mol. The van der Waals surface area contributed by atoms with Gasteiger partial charge in [-0.15, -0.1) is 0 Å². The summed E-state index contributed by atoms with van der Waals surface area (Å²) in [6.45, 7) is 3.73. The van der Waals surface area contributed by atoms with E-state index in [1.807, 2.05) is 36.5 Å². The third-order valence-corrected chi connectivity index (χ3v) is 6.95. The number of aryl methyl sites for hydroxylation is 1. The van der Waals surface area contributed by atoms with Crippen molar-refractivity contribution in [2.45, 2.75) is 20.0 Å². The minimum Gasteiger partial charge on any atom is -0.335 e. The molecule has 0 unspecified atom stereocenters. The second-order valence-electron chi connectivity index (χ2n) is 9.85. The molecule has 8 heteroatoms. The van der Waals surface area contributed by atoms with Crippen LogP contribution < -0.4 is 5.32 Å². The van der Waals surface area contributed by atoms with Crippen molar-refractivity contribution in [1.29, 1.82) is 0 Å². The molecule has 7 aromatic rings. The van der Waals surface area contributed by atoms with Crippen molar-refractivity contribution in [3.05, 3.63) is 114 Å². The molecular formula is C32H26N8. The van der Waals surface area contributed by atoms with Gasteiger partial charge in [0.05, 0.1) is 16.6 Å². The van der Waals surface area contributed by atoms with Gasteiger partial charge in [0.2, 0.25) is 0 Å². The molecule has 0 aliphatic carbocycles. The number of benzene rings is 2. The van der Waals surface area contributed by atoms with Gasteiger partial charge < -0.3 is 10.3 Å². The lowest BCUT2D eigenvalue weighted by atomic mass is 10.0. The van der Waals surface area contributed by atoms with E-state index in [4.69, 9.17) is 4.98 Å². The fourth-order valence-corrected chi connectivity index (χ4v) is 5.08. The Morgan fingerprint density at radius 2 is 1.62 bits per heavy atom. The molecule has 0 saturated carbocycles. The van der Waals surface area contributed by atoms with Gasteiger partial charge in [0.15, 0.2) is 17.1 Å². The van der Waals surface area contributed by atoms with Crippen LogP contribution in [0.3, 0.4) is 0 Å². The first kappa shape index (κ1) is 23.9. The summed E-state index contributed by atoms with van der Waals surface area (Å²) in [4.78, 5) is 21.9. The molecule has 0 bridgehead atoms. The van der Waals surface area contributed by atoms with Gasteiger partial charge in [0.1, 0.15) is 5.69 Å². The van der Waals surface area contributed by atoms with E-state index in [0.717, 1.165) is 52.1 Å². The van der Waals surface area contributed by atoms with Crippen molar-refractivity contribution in [2.75, 3.05) is 0 Å². The Hall–Kier alpha value is -5.21. The summed E-state index contributed by atoms with van der Waals surface area (Å²) in [7, 11) is 0. The Balaban J connectivity index is 1.22. The number of nitrogens with one attached hydrogen (secondary N) is 3. The molecule has 2 aromatic carbocycles. The summed E-state index contributed by atoms with van der Waals surface area (Å²) in [5.41, 5.74) is 10.5. The van der Waals surface area contributed by atoms with Crippen LogP contribution in [0.5, 0.6) is 0 Å². The number of pyridine rings is 3. The van der Waals surface area contributed by atoms with Crippen LogP contribution in [0, 0.1) is 6.92 Å². The molecule has 0 aliphatic rings. The molecule has 0 spiro atoms. The number of H-pyrrole nitrogens is 2. The van der Waals surface area contributed by atoms with Gasteiger partial charge in [-0.3, -0.25) is 10.1 Å². The van der Waals surface area contributed by atoms with E-state index in [1.54, 1.807) is 12.4 Å². The van der Waals surface area contributed by atoms with Crippen LogP contribution in [0.1, 0.15) is 16.7 Å². The number of imidazole rings is 1. The molecule has 5 aromatic heterocycles. The van der Waals surface area contributed by atoms with E-state index < -0.39 is 0 Å². The van der Waals surface area contributed by atoms with Crippen LogP contribution in [0.15, 0.2) is 97.5 Å².